The van der Waals surface area contributed by atoms with Crippen LogP contribution in [0.4, 0.5) is 0 Å². The van der Waals surface area contributed by atoms with Gasteiger partial charge in [0.1, 0.15) is 18.0 Å². The molecule has 1 aliphatic heterocycles. The molecule has 1 heterocycles. The second-order valence-electron chi connectivity index (χ2n) is 7.46. The Bertz CT molecular complexity index is 1060. The minimum absolute atomic E-state index is 0.0513. The minimum Gasteiger partial charge on any atom is -0.458 e. The standard InChI is InChI=1S/C22H20Br2O9/c1-9(25)30-17-7-16(33-18(8-23)22(17)32-11(3)27)12-4-5-13-19(21(12)31-10(2)26)15(28)6-14(24)20(13)29/h4-6,16-18,22H,7-8H2,1-3H3/t16-,17-,18-,22+/m1/s1. The van der Waals surface area contributed by atoms with Gasteiger partial charge >= 0.3 is 17.9 Å². The van der Waals surface area contributed by atoms with Crippen molar-refractivity contribution in [1.29, 1.82) is 0 Å². The number of fused-ring (bicyclic) bond motifs is 1. The Hall–Kier alpha value is -2.37. The maximum absolute atomic E-state index is 12.8. The summed E-state index contributed by atoms with van der Waals surface area (Å²) in [6.45, 7) is 3.64. The van der Waals surface area contributed by atoms with Crippen molar-refractivity contribution in [3.05, 3.63) is 39.4 Å². The summed E-state index contributed by atoms with van der Waals surface area (Å²) in [6, 6.07) is 2.98. The van der Waals surface area contributed by atoms with Crippen LogP contribution in [0.2, 0.25) is 0 Å². The SMILES string of the molecule is CC(=O)Oc1c([C@H]2C[C@@H](OC(C)=O)[C@H](OC(C)=O)[C@@H](CBr)O2)ccc2c1C(=O)C=C(Br)C2=O. The highest BCUT2D eigenvalue weighted by Crippen LogP contribution is 2.43. The first-order chi connectivity index (χ1) is 15.5. The Kier molecular flexibility index (Phi) is 7.86. The third kappa shape index (κ3) is 5.42. The number of halogens is 2. The number of esters is 3. The summed E-state index contributed by atoms with van der Waals surface area (Å²) in [6.07, 6.45) is -2.09. The number of Topliss-reactive ketones (excluding diaryl/α,β-unsaturated/α-hetero) is 1. The van der Waals surface area contributed by atoms with Crippen LogP contribution in [0.15, 0.2) is 22.7 Å². The maximum atomic E-state index is 12.8. The first-order valence-electron chi connectivity index (χ1n) is 9.90. The molecule has 1 aliphatic carbocycles. The molecule has 3 rings (SSSR count). The molecule has 1 fully saturated rings. The van der Waals surface area contributed by atoms with Crippen molar-refractivity contribution in [2.24, 2.45) is 0 Å². The van der Waals surface area contributed by atoms with E-state index in [1.165, 1.54) is 32.9 Å². The van der Waals surface area contributed by atoms with E-state index in [1.54, 1.807) is 0 Å². The summed E-state index contributed by atoms with van der Waals surface area (Å²) in [7, 11) is 0. The summed E-state index contributed by atoms with van der Waals surface area (Å²) in [5.41, 5.74) is 0.346. The van der Waals surface area contributed by atoms with Crippen LogP contribution in [0.3, 0.4) is 0 Å². The van der Waals surface area contributed by atoms with E-state index in [0.717, 1.165) is 6.08 Å². The van der Waals surface area contributed by atoms with Gasteiger partial charge < -0.3 is 18.9 Å². The topological polar surface area (TPSA) is 122 Å². The lowest BCUT2D eigenvalue weighted by Crippen LogP contribution is -2.50. The predicted molar refractivity (Wildman–Crippen MR) is 121 cm³/mol. The van der Waals surface area contributed by atoms with Crippen molar-refractivity contribution in [1.82, 2.24) is 0 Å². The summed E-state index contributed by atoms with van der Waals surface area (Å²) in [5.74, 6) is -2.88. The third-order valence-corrected chi connectivity index (χ3v) is 6.26. The fraction of sp³-hybridized carbons (Fsp3) is 0.409. The van der Waals surface area contributed by atoms with Gasteiger partial charge in [0.25, 0.3) is 0 Å². The van der Waals surface area contributed by atoms with Crippen LogP contribution in [0.5, 0.6) is 5.75 Å². The highest BCUT2D eigenvalue weighted by Gasteiger charge is 2.44. The zero-order valence-electron chi connectivity index (χ0n) is 17.9. The second-order valence-corrected chi connectivity index (χ2v) is 8.96. The first kappa shape index (κ1) is 25.3. The molecular formula is C22H20Br2O9. The van der Waals surface area contributed by atoms with E-state index in [1.807, 2.05) is 0 Å². The number of carbonyl (C=O) groups is 5. The van der Waals surface area contributed by atoms with Crippen molar-refractivity contribution in [3.8, 4) is 5.75 Å². The molecule has 176 valence electrons. The lowest BCUT2D eigenvalue weighted by Gasteiger charge is -2.40. The summed E-state index contributed by atoms with van der Waals surface area (Å²) in [5, 5.41) is 0.236. The van der Waals surface area contributed by atoms with Crippen LogP contribution in [0, 0.1) is 0 Å². The number of hydrogen-bond acceptors (Lipinski definition) is 9. The van der Waals surface area contributed by atoms with Crippen molar-refractivity contribution >= 4 is 61.3 Å². The van der Waals surface area contributed by atoms with Crippen molar-refractivity contribution in [2.75, 3.05) is 5.33 Å². The van der Waals surface area contributed by atoms with Gasteiger partial charge in [0, 0.05) is 49.7 Å². The average Bonchev–Trinajstić information content (AvgIpc) is 2.71. The molecule has 0 unspecified atom stereocenters. The number of ketones is 2. The molecule has 0 saturated carbocycles. The molecule has 0 radical (unpaired) electrons. The summed E-state index contributed by atoms with van der Waals surface area (Å²) in [4.78, 5) is 60.5. The van der Waals surface area contributed by atoms with Gasteiger partial charge in [0.2, 0.25) is 5.78 Å². The summed E-state index contributed by atoms with van der Waals surface area (Å²) < 4.78 is 22.4. The van der Waals surface area contributed by atoms with E-state index in [0.29, 0.717) is 5.56 Å². The zero-order chi connectivity index (χ0) is 24.4. The van der Waals surface area contributed by atoms with Gasteiger partial charge in [-0.05, 0) is 22.0 Å². The number of ether oxygens (including phenoxy) is 4. The Morgan fingerprint density at radius 1 is 1.06 bits per heavy atom. The Morgan fingerprint density at radius 2 is 1.73 bits per heavy atom. The van der Waals surface area contributed by atoms with Gasteiger partial charge in [0.15, 0.2) is 11.9 Å². The molecule has 11 heteroatoms. The molecule has 9 nitrogen and oxygen atoms in total. The normalized spacial score (nSPS) is 24.5. The zero-order valence-corrected chi connectivity index (χ0v) is 21.1. The molecule has 0 N–H and O–H groups in total. The molecule has 33 heavy (non-hydrogen) atoms. The van der Waals surface area contributed by atoms with E-state index >= 15 is 0 Å². The Morgan fingerprint density at radius 3 is 2.30 bits per heavy atom. The van der Waals surface area contributed by atoms with Crippen LogP contribution >= 0.6 is 31.9 Å². The van der Waals surface area contributed by atoms with Crippen LogP contribution in [0.1, 0.15) is 59.6 Å². The molecule has 1 aromatic carbocycles. The number of benzene rings is 1. The van der Waals surface area contributed by atoms with Gasteiger partial charge in [-0.1, -0.05) is 22.0 Å². The molecule has 1 saturated heterocycles. The number of allylic oxidation sites excluding steroid dienone is 2. The molecule has 2 aliphatic rings. The molecule has 4 atom stereocenters. The predicted octanol–water partition coefficient (Wildman–Crippen LogP) is 3.36. The van der Waals surface area contributed by atoms with Gasteiger partial charge in [-0.2, -0.15) is 0 Å². The Balaban J connectivity index is 2.10. The number of hydrogen-bond donors (Lipinski definition) is 0. The summed E-state index contributed by atoms with van der Waals surface area (Å²) >= 11 is 6.40. The van der Waals surface area contributed by atoms with Crippen LogP contribution in [-0.4, -0.2) is 53.1 Å². The number of alkyl halides is 1. The van der Waals surface area contributed by atoms with Crippen LogP contribution < -0.4 is 4.74 Å². The molecule has 0 amide bonds. The number of carbonyl (C=O) groups excluding carboxylic acids is 5. The van der Waals surface area contributed by atoms with Crippen LogP contribution in [-0.2, 0) is 28.6 Å². The fourth-order valence-electron chi connectivity index (χ4n) is 3.85. The van der Waals surface area contributed by atoms with E-state index in [9.17, 15) is 24.0 Å². The first-order valence-corrected chi connectivity index (χ1v) is 11.8. The monoisotopic (exact) mass is 586 g/mol. The van der Waals surface area contributed by atoms with Crippen LogP contribution in [0.25, 0.3) is 0 Å². The largest absolute Gasteiger partial charge is 0.458 e. The minimum atomic E-state index is -0.876. The molecule has 1 aromatic rings. The fourth-order valence-corrected chi connectivity index (χ4v) is 4.79. The lowest BCUT2D eigenvalue weighted by molar-refractivity contribution is -0.203. The van der Waals surface area contributed by atoms with Gasteiger partial charge in [-0.25, -0.2) is 0 Å². The van der Waals surface area contributed by atoms with Gasteiger partial charge in [0.05, 0.1) is 16.1 Å². The molecule has 0 aromatic heterocycles. The van der Waals surface area contributed by atoms with E-state index in [2.05, 4.69) is 31.9 Å². The molecular weight excluding hydrogens is 568 g/mol. The van der Waals surface area contributed by atoms with Crippen molar-refractivity contribution in [3.63, 3.8) is 0 Å². The Labute approximate surface area is 206 Å². The highest BCUT2D eigenvalue weighted by molar-refractivity contribution is 9.12. The maximum Gasteiger partial charge on any atom is 0.308 e. The quantitative estimate of drug-likeness (QED) is 0.290. The average molecular weight is 588 g/mol. The smallest absolute Gasteiger partial charge is 0.308 e. The van der Waals surface area contributed by atoms with Crippen molar-refractivity contribution in [2.45, 2.75) is 51.6 Å². The van der Waals surface area contributed by atoms with Gasteiger partial charge in [-0.3, -0.25) is 24.0 Å². The number of rotatable bonds is 5. The lowest BCUT2D eigenvalue weighted by atomic mass is 9.87. The van der Waals surface area contributed by atoms with Gasteiger partial charge in [-0.15, -0.1) is 0 Å². The van der Waals surface area contributed by atoms with E-state index in [-0.39, 0.29) is 33.1 Å². The molecule has 0 spiro atoms. The van der Waals surface area contributed by atoms with Crippen molar-refractivity contribution < 1.29 is 42.9 Å². The van der Waals surface area contributed by atoms with E-state index in [4.69, 9.17) is 18.9 Å². The highest BCUT2D eigenvalue weighted by atomic mass is 79.9. The second kappa shape index (κ2) is 10.3. The third-order valence-electron chi connectivity index (χ3n) is 5.04. The van der Waals surface area contributed by atoms with E-state index < -0.39 is 53.9 Å². The molecule has 0 bridgehead atoms.